The fourth-order valence-electron chi connectivity index (χ4n) is 4.62. The highest BCUT2D eigenvalue weighted by atomic mass is 35.5. The molecule has 208 valence electrons. The van der Waals surface area contributed by atoms with Gasteiger partial charge in [0.25, 0.3) is 0 Å². The summed E-state index contributed by atoms with van der Waals surface area (Å²) in [5.74, 6) is -1.26. The average Bonchev–Trinajstić information content (AvgIpc) is 2.86. The van der Waals surface area contributed by atoms with Gasteiger partial charge in [-0.3, -0.25) is 13.9 Å². The Morgan fingerprint density at radius 2 is 1.79 bits per heavy atom. The van der Waals surface area contributed by atoms with Gasteiger partial charge in [-0.2, -0.15) is 0 Å². The number of halogens is 3. The first-order valence-corrected chi connectivity index (χ1v) is 15.3. The fraction of sp³-hybridized carbons (Fsp3) is 0.481. The molecule has 0 bridgehead atoms. The highest BCUT2D eigenvalue weighted by Gasteiger charge is 2.29. The predicted octanol–water partition coefficient (Wildman–Crippen LogP) is 5.54. The molecular weight excluding hydrogens is 552 g/mol. The molecule has 0 heterocycles. The normalized spacial score (nSPS) is 15.1. The van der Waals surface area contributed by atoms with E-state index in [-0.39, 0.29) is 49.5 Å². The second-order valence-electron chi connectivity index (χ2n) is 9.67. The van der Waals surface area contributed by atoms with Crippen molar-refractivity contribution < 1.29 is 22.4 Å². The predicted molar refractivity (Wildman–Crippen MR) is 149 cm³/mol. The summed E-state index contributed by atoms with van der Waals surface area (Å²) >= 11 is 12.4. The molecule has 2 aromatic rings. The molecule has 0 spiro atoms. The van der Waals surface area contributed by atoms with E-state index in [0.29, 0.717) is 15.6 Å². The molecule has 11 heteroatoms. The molecule has 3 rings (SSSR count). The SMILES string of the molecule is C[C@H](C(=O)NC1CCCCC1)N(Cc1ccc(Cl)cc1Cl)C(=O)CCCN(c1ccccc1F)S(C)(=O)=O. The molecule has 1 aliphatic rings. The van der Waals surface area contributed by atoms with E-state index < -0.39 is 21.9 Å². The van der Waals surface area contributed by atoms with Gasteiger partial charge in [0.2, 0.25) is 21.8 Å². The summed E-state index contributed by atoms with van der Waals surface area (Å²) in [5, 5.41) is 3.89. The first-order valence-electron chi connectivity index (χ1n) is 12.7. The van der Waals surface area contributed by atoms with Crippen molar-refractivity contribution in [3.63, 3.8) is 0 Å². The zero-order valence-electron chi connectivity index (χ0n) is 21.6. The van der Waals surface area contributed by atoms with Gasteiger partial charge < -0.3 is 10.2 Å². The third-order valence-corrected chi connectivity index (χ3v) is 8.51. The Morgan fingerprint density at radius 1 is 1.11 bits per heavy atom. The van der Waals surface area contributed by atoms with E-state index >= 15 is 0 Å². The molecule has 0 radical (unpaired) electrons. The van der Waals surface area contributed by atoms with Gasteiger partial charge in [0.1, 0.15) is 11.9 Å². The molecule has 38 heavy (non-hydrogen) atoms. The van der Waals surface area contributed by atoms with Gasteiger partial charge in [-0.15, -0.1) is 0 Å². The van der Waals surface area contributed by atoms with Crippen LogP contribution >= 0.6 is 23.2 Å². The Bertz CT molecular complexity index is 1240. The zero-order valence-corrected chi connectivity index (χ0v) is 24.0. The van der Waals surface area contributed by atoms with Crippen LogP contribution in [0.2, 0.25) is 10.0 Å². The van der Waals surface area contributed by atoms with Crippen molar-refractivity contribution >= 4 is 50.7 Å². The molecule has 1 fully saturated rings. The number of anilines is 1. The minimum atomic E-state index is -3.79. The summed E-state index contributed by atoms with van der Waals surface area (Å²) in [6.07, 6.45) is 6.16. The van der Waals surface area contributed by atoms with Crippen LogP contribution in [0.25, 0.3) is 0 Å². The second kappa shape index (κ2) is 13.6. The lowest BCUT2D eigenvalue weighted by Gasteiger charge is -2.32. The van der Waals surface area contributed by atoms with Crippen LogP contribution in [0.1, 0.15) is 57.4 Å². The maximum atomic E-state index is 14.3. The smallest absolute Gasteiger partial charge is 0.242 e. The molecule has 7 nitrogen and oxygen atoms in total. The van der Waals surface area contributed by atoms with Gasteiger partial charge in [-0.25, -0.2) is 12.8 Å². The average molecular weight is 587 g/mol. The van der Waals surface area contributed by atoms with Crippen molar-refractivity contribution in [2.45, 2.75) is 70.5 Å². The maximum absolute atomic E-state index is 14.3. The van der Waals surface area contributed by atoms with E-state index in [1.165, 1.54) is 23.1 Å². The highest BCUT2D eigenvalue weighted by Crippen LogP contribution is 2.25. The molecular formula is C27H34Cl2FN3O4S. The van der Waals surface area contributed by atoms with E-state index in [2.05, 4.69) is 5.32 Å². The van der Waals surface area contributed by atoms with Crippen LogP contribution in [0.3, 0.4) is 0 Å². The monoisotopic (exact) mass is 585 g/mol. The number of nitrogens with zero attached hydrogens (tertiary/aromatic N) is 2. The van der Waals surface area contributed by atoms with Gasteiger partial charge in [-0.05, 0) is 56.0 Å². The second-order valence-corrected chi connectivity index (χ2v) is 12.4. The number of amides is 2. The summed E-state index contributed by atoms with van der Waals surface area (Å²) in [6, 6.07) is 9.83. The summed E-state index contributed by atoms with van der Waals surface area (Å²) in [5.41, 5.74) is 0.554. The maximum Gasteiger partial charge on any atom is 0.242 e. The van der Waals surface area contributed by atoms with Crippen molar-refractivity contribution in [2.75, 3.05) is 17.1 Å². The van der Waals surface area contributed by atoms with Crippen LogP contribution in [0.5, 0.6) is 0 Å². The Labute approximate surface area is 234 Å². The van der Waals surface area contributed by atoms with Crippen molar-refractivity contribution in [3.05, 3.63) is 63.9 Å². The molecule has 0 aliphatic heterocycles. The minimum Gasteiger partial charge on any atom is -0.352 e. The van der Waals surface area contributed by atoms with E-state index in [1.54, 1.807) is 31.2 Å². The van der Waals surface area contributed by atoms with Gasteiger partial charge >= 0.3 is 0 Å². The number of carbonyl (C=O) groups excluding carboxylic acids is 2. The number of sulfonamides is 1. The molecule has 0 saturated heterocycles. The van der Waals surface area contributed by atoms with Crippen LogP contribution in [0, 0.1) is 5.82 Å². The van der Waals surface area contributed by atoms with E-state index in [4.69, 9.17) is 23.2 Å². The molecule has 2 aromatic carbocycles. The standard InChI is InChI=1S/C27H34Cl2FN3O4S/c1-19(27(35)31-22-9-4-3-5-10-22)32(18-20-14-15-21(28)17-23(20)29)26(34)13-8-16-33(38(2,36)37)25-12-7-6-11-24(25)30/h6-7,11-12,14-15,17,19,22H,3-5,8-10,13,16,18H2,1-2H3,(H,31,35)/t19-/m1/s1. The van der Waals surface area contributed by atoms with Crippen molar-refractivity contribution in [2.24, 2.45) is 0 Å². The Hall–Kier alpha value is -2.36. The van der Waals surface area contributed by atoms with E-state index in [1.807, 2.05) is 0 Å². The molecule has 0 unspecified atom stereocenters. The van der Waals surface area contributed by atoms with E-state index in [9.17, 15) is 22.4 Å². The van der Waals surface area contributed by atoms with Crippen LogP contribution < -0.4 is 9.62 Å². The van der Waals surface area contributed by atoms with Crippen molar-refractivity contribution in [1.82, 2.24) is 10.2 Å². The summed E-state index contributed by atoms with van der Waals surface area (Å²) in [6.45, 7) is 1.66. The van der Waals surface area contributed by atoms with Gasteiger partial charge in [0.05, 0.1) is 11.9 Å². The number of hydrogen-bond acceptors (Lipinski definition) is 4. The number of rotatable bonds is 11. The molecule has 0 aromatic heterocycles. The topological polar surface area (TPSA) is 86.8 Å². The summed E-state index contributed by atoms with van der Waals surface area (Å²) in [7, 11) is -3.79. The van der Waals surface area contributed by atoms with Crippen LogP contribution in [-0.2, 0) is 26.2 Å². The Morgan fingerprint density at radius 3 is 2.42 bits per heavy atom. The number of hydrogen-bond donors (Lipinski definition) is 1. The largest absolute Gasteiger partial charge is 0.352 e. The van der Waals surface area contributed by atoms with Gasteiger partial charge in [0.15, 0.2) is 0 Å². The third-order valence-electron chi connectivity index (χ3n) is 6.75. The molecule has 2 amide bonds. The number of nitrogens with one attached hydrogen (secondary N) is 1. The molecule has 1 saturated carbocycles. The third kappa shape index (κ3) is 8.32. The lowest BCUT2D eigenvalue weighted by atomic mass is 9.95. The molecule has 1 aliphatic carbocycles. The van der Waals surface area contributed by atoms with E-state index in [0.717, 1.165) is 42.7 Å². The Kier molecular flexibility index (Phi) is 10.8. The number of carbonyl (C=O) groups is 2. The number of para-hydroxylation sites is 1. The van der Waals surface area contributed by atoms with Gasteiger partial charge in [-0.1, -0.05) is 60.7 Å². The molecule has 1 atom stereocenters. The Balaban J connectivity index is 1.75. The lowest BCUT2D eigenvalue weighted by Crippen LogP contribution is -2.50. The van der Waals surface area contributed by atoms with Crippen LogP contribution in [0.4, 0.5) is 10.1 Å². The van der Waals surface area contributed by atoms with Crippen molar-refractivity contribution in [3.8, 4) is 0 Å². The first-order chi connectivity index (χ1) is 18.0. The van der Waals surface area contributed by atoms with Crippen molar-refractivity contribution in [1.29, 1.82) is 0 Å². The zero-order chi connectivity index (χ0) is 27.9. The number of benzene rings is 2. The minimum absolute atomic E-state index is 0.0489. The quantitative estimate of drug-likeness (QED) is 0.375. The lowest BCUT2D eigenvalue weighted by molar-refractivity contribution is -0.141. The summed E-state index contributed by atoms with van der Waals surface area (Å²) < 4.78 is 40.0. The highest BCUT2D eigenvalue weighted by molar-refractivity contribution is 7.92. The van der Waals surface area contributed by atoms with Crippen LogP contribution in [0.15, 0.2) is 42.5 Å². The van der Waals surface area contributed by atoms with Gasteiger partial charge in [0, 0.05) is 35.6 Å². The fourth-order valence-corrected chi connectivity index (χ4v) is 6.06. The molecule has 1 N–H and O–H groups in total. The first kappa shape index (κ1) is 30.2. The summed E-state index contributed by atoms with van der Waals surface area (Å²) in [4.78, 5) is 28.0. The van der Waals surface area contributed by atoms with Crippen LogP contribution in [-0.4, -0.2) is 50.0 Å².